The molecule has 0 atom stereocenters. The summed E-state index contributed by atoms with van der Waals surface area (Å²) in [5, 5.41) is 16.9. The van der Waals surface area contributed by atoms with Crippen molar-refractivity contribution in [2.24, 2.45) is 5.10 Å². The van der Waals surface area contributed by atoms with Gasteiger partial charge in [-0.1, -0.05) is 15.9 Å². The SMILES string of the molecule is COC(=O)c1ccc(NC(=S)N/N=C/c2cc(Br)ccc2O)cc1. The second-order valence-corrected chi connectivity index (χ2v) is 5.92. The van der Waals surface area contributed by atoms with E-state index in [0.717, 1.165) is 4.47 Å². The van der Waals surface area contributed by atoms with Crippen molar-refractivity contribution in [2.75, 3.05) is 12.4 Å². The lowest BCUT2D eigenvalue weighted by Gasteiger charge is -2.07. The third kappa shape index (κ3) is 5.04. The maximum Gasteiger partial charge on any atom is 0.337 e. The summed E-state index contributed by atoms with van der Waals surface area (Å²) in [4.78, 5) is 11.4. The van der Waals surface area contributed by atoms with Crippen molar-refractivity contribution in [3.63, 3.8) is 0 Å². The molecule has 0 spiro atoms. The highest BCUT2D eigenvalue weighted by atomic mass is 79.9. The minimum Gasteiger partial charge on any atom is -0.507 e. The van der Waals surface area contributed by atoms with Crippen molar-refractivity contribution >= 4 is 51.1 Å². The summed E-state index contributed by atoms with van der Waals surface area (Å²) in [5.41, 5.74) is 4.33. The molecule has 0 saturated carbocycles. The Morgan fingerprint density at radius 2 is 2.00 bits per heavy atom. The topological polar surface area (TPSA) is 83.0 Å². The molecule has 0 bridgehead atoms. The van der Waals surface area contributed by atoms with Gasteiger partial charge in [0.25, 0.3) is 0 Å². The van der Waals surface area contributed by atoms with Gasteiger partial charge in [-0.3, -0.25) is 5.43 Å². The van der Waals surface area contributed by atoms with E-state index >= 15 is 0 Å². The summed E-state index contributed by atoms with van der Waals surface area (Å²) >= 11 is 8.44. The van der Waals surface area contributed by atoms with E-state index in [-0.39, 0.29) is 10.9 Å². The number of hydrazone groups is 1. The molecule has 0 fully saturated rings. The first-order valence-electron chi connectivity index (χ1n) is 6.76. The van der Waals surface area contributed by atoms with Gasteiger partial charge in [-0.15, -0.1) is 0 Å². The Labute approximate surface area is 152 Å². The number of hydrogen-bond acceptors (Lipinski definition) is 5. The smallest absolute Gasteiger partial charge is 0.337 e. The fourth-order valence-corrected chi connectivity index (χ4v) is 2.31. The van der Waals surface area contributed by atoms with Crippen LogP contribution in [0.1, 0.15) is 15.9 Å². The number of carbonyl (C=O) groups is 1. The maximum atomic E-state index is 11.4. The molecular weight excluding hydrogens is 394 g/mol. The summed E-state index contributed by atoms with van der Waals surface area (Å²) in [7, 11) is 1.33. The zero-order chi connectivity index (χ0) is 17.5. The summed E-state index contributed by atoms with van der Waals surface area (Å²) in [5.74, 6) is -0.290. The number of nitrogens with zero attached hydrogens (tertiary/aromatic N) is 1. The van der Waals surface area contributed by atoms with Crippen LogP contribution in [-0.2, 0) is 4.74 Å². The molecule has 24 heavy (non-hydrogen) atoms. The average Bonchev–Trinajstić information content (AvgIpc) is 2.58. The van der Waals surface area contributed by atoms with E-state index < -0.39 is 5.97 Å². The third-order valence-electron chi connectivity index (χ3n) is 2.92. The Balaban J connectivity index is 1.92. The number of rotatable bonds is 4. The summed E-state index contributed by atoms with van der Waals surface area (Å²) < 4.78 is 5.46. The highest BCUT2D eigenvalue weighted by molar-refractivity contribution is 9.10. The first-order valence-corrected chi connectivity index (χ1v) is 7.96. The van der Waals surface area contributed by atoms with E-state index in [1.54, 1.807) is 42.5 Å². The molecule has 2 aromatic carbocycles. The van der Waals surface area contributed by atoms with Crippen molar-refractivity contribution in [1.82, 2.24) is 5.43 Å². The number of esters is 1. The Kier molecular flexibility index (Phi) is 6.28. The second-order valence-electron chi connectivity index (χ2n) is 4.60. The minimum atomic E-state index is -0.402. The second kappa shape index (κ2) is 8.42. The van der Waals surface area contributed by atoms with Crippen LogP contribution in [0.4, 0.5) is 5.69 Å². The van der Waals surface area contributed by atoms with E-state index in [4.69, 9.17) is 12.2 Å². The summed E-state index contributed by atoms with van der Waals surface area (Å²) in [6, 6.07) is 11.7. The van der Waals surface area contributed by atoms with Gasteiger partial charge in [0.05, 0.1) is 18.9 Å². The molecule has 124 valence electrons. The van der Waals surface area contributed by atoms with Gasteiger partial charge in [-0.2, -0.15) is 5.10 Å². The fraction of sp³-hybridized carbons (Fsp3) is 0.0625. The van der Waals surface area contributed by atoms with Gasteiger partial charge in [0.2, 0.25) is 0 Å². The van der Waals surface area contributed by atoms with E-state index in [2.05, 4.69) is 36.5 Å². The number of halogens is 1. The number of nitrogens with one attached hydrogen (secondary N) is 2. The lowest BCUT2D eigenvalue weighted by molar-refractivity contribution is 0.0601. The van der Waals surface area contributed by atoms with Gasteiger partial charge in [-0.05, 0) is 54.7 Å². The predicted octanol–water partition coefficient (Wildman–Crippen LogP) is 3.26. The molecule has 3 N–H and O–H groups in total. The van der Waals surface area contributed by atoms with Gasteiger partial charge in [0, 0.05) is 15.7 Å². The standard InChI is InChI=1S/C16H14BrN3O3S/c1-23-15(22)10-2-5-13(6-3-10)19-16(24)20-18-9-11-8-12(17)4-7-14(11)21/h2-9,21H,1H3,(H2,19,20,24)/b18-9+. The predicted molar refractivity (Wildman–Crippen MR) is 101 cm³/mol. The number of hydrogen-bond donors (Lipinski definition) is 3. The Hall–Kier alpha value is -2.45. The average molecular weight is 408 g/mol. The Bertz CT molecular complexity index is 779. The van der Waals surface area contributed by atoms with Crippen LogP contribution < -0.4 is 10.7 Å². The van der Waals surface area contributed by atoms with Gasteiger partial charge in [-0.25, -0.2) is 4.79 Å². The fourth-order valence-electron chi connectivity index (χ4n) is 1.76. The molecule has 0 saturated heterocycles. The zero-order valence-electron chi connectivity index (χ0n) is 12.6. The number of carbonyl (C=O) groups excluding carboxylic acids is 1. The molecule has 0 amide bonds. The highest BCUT2D eigenvalue weighted by Gasteiger charge is 2.04. The zero-order valence-corrected chi connectivity index (χ0v) is 15.0. The van der Waals surface area contributed by atoms with Crippen molar-refractivity contribution in [3.8, 4) is 5.75 Å². The van der Waals surface area contributed by atoms with E-state index in [9.17, 15) is 9.90 Å². The molecule has 0 aliphatic carbocycles. The van der Waals surface area contributed by atoms with Gasteiger partial charge in [0.15, 0.2) is 5.11 Å². The summed E-state index contributed by atoms with van der Waals surface area (Å²) in [6.45, 7) is 0. The quantitative estimate of drug-likeness (QED) is 0.312. The molecule has 0 radical (unpaired) electrons. The largest absolute Gasteiger partial charge is 0.507 e. The van der Waals surface area contributed by atoms with Crippen molar-refractivity contribution in [1.29, 1.82) is 0 Å². The number of aromatic hydroxyl groups is 1. The first kappa shape index (κ1) is 17.9. The molecule has 0 aromatic heterocycles. The van der Waals surface area contributed by atoms with Gasteiger partial charge < -0.3 is 15.2 Å². The van der Waals surface area contributed by atoms with Gasteiger partial charge in [0.1, 0.15) is 5.75 Å². The normalized spacial score (nSPS) is 10.4. The number of benzene rings is 2. The van der Waals surface area contributed by atoms with Crippen LogP contribution in [0.2, 0.25) is 0 Å². The molecule has 0 unspecified atom stereocenters. The van der Waals surface area contributed by atoms with E-state index in [1.165, 1.54) is 13.3 Å². The third-order valence-corrected chi connectivity index (χ3v) is 3.61. The number of thiocarbonyl (C=S) groups is 1. The lowest BCUT2D eigenvalue weighted by Crippen LogP contribution is -2.23. The molecule has 8 heteroatoms. The molecule has 0 aliphatic rings. The number of phenolic OH excluding ortho intramolecular Hbond substituents is 1. The van der Waals surface area contributed by atoms with Crippen molar-refractivity contribution in [3.05, 3.63) is 58.1 Å². The molecule has 0 aliphatic heterocycles. The highest BCUT2D eigenvalue weighted by Crippen LogP contribution is 2.19. The van der Waals surface area contributed by atoms with Crippen LogP contribution in [0.3, 0.4) is 0 Å². The number of anilines is 1. The number of ether oxygens (including phenoxy) is 1. The van der Waals surface area contributed by atoms with Crippen molar-refractivity contribution in [2.45, 2.75) is 0 Å². The molecule has 0 heterocycles. The monoisotopic (exact) mass is 407 g/mol. The maximum absolute atomic E-state index is 11.4. The molecular formula is C16H14BrN3O3S. The van der Waals surface area contributed by atoms with E-state index in [0.29, 0.717) is 16.8 Å². The lowest BCUT2D eigenvalue weighted by atomic mass is 10.2. The summed E-state index contributed by atoms with van der Waals surface area (Å²) in [6.07, 6.45) is 1.45. The van der Waals surface area contributed by atoms with Crippen LogP contribution >= 0.6 is 28.1 Å². The number of methoxy groups -OCH3 is 1. The molecule has 6 nitrogen and oxygen atoms in total. The van der Waals surface area contributed by atoms with Crippen LogP contribution in [0.15, 0.2) is 52.0 Å². The van der Waals surface area contributed by atoms with Gasteiger partial charge >= 0.3 is 5.97 Å². The first-order chi connectivity index (χ1) is 11.5. The Morgan fingerprint density at radius 1 is 1.29 bits per heavy atom. The molecule has 2 aromatic rings. The Morgan fingerprint density at radius 3 is 2.67 bits per heavy atom. The number of phenols is 1. The van der Waals surface area contributed by atoms with Crippen LogP contribution in [0.5, 0.6) is 5.75 Å². The van der Waals surface area contributed by atoms with E-state index in [1.807, 2.05) is 0 Å². The van der Waals surface area contributed by atoms with Crippen molar-refractivity contribution < 1.29 is 14.6 Å². The minimum absolute atomic E-state index is 0.112. The molecule has 2 rings (SSSR count). The van der Waals surface area contributed by atoms with Crippen LogP contribution in [0.25, 0.3) is 0 Å². The van der Waals surface area contributed by atoms with Crippen LogP contribution in [-0.4, -0.2) is 29.5 Å². The van der Waals surface area contributed by atoms with Crippen LogP contribution in [0, 0.1) is 0 Å².